The van der Waals surface area contributed by atoms with E-state index in [9.17, 15) is 0 Å². The average molecular weight is 226 g/mol. The molecule has 1 heterocycles. The molecule has 1 saturated heterocycles. The van der Waals surface area contributed by atoms with Crippen LogP contribution in [0.25, 0.3) is 0 Å². The molecule has 1 fully saturated rings. The van der Waals surface area contributed by atoms with Crippen LogP contribution in [0, 0.1) is 0 Å². The van der Waals surface area contributed by atoms with Gasteiger partial charge >= 0.3 is 0 Å². The molecular formula is C11H14O3S. The molecule has 0 aromatic heterocycles. The maximum Gasteiger partial charge on any atom is 0.162 e. The van der Waals surface area contributed by atoms with E-state index in [-0.39, 0.29) is 12.7 Å². The van der Waals surface area contributed by atoms with Crippen LogP contribution in [0.4, 0.5) is 0 Å². The molecule has 15 heavy (non-hydrogen) atoms. The van der Waals surface area contributed by atoms with Gasteiger partial charge in [0.1, 0.15) is 6.10 Å². The Labute approximate surface area is 93.4 Å². The van der Waals surface area contributed by atoms with Crippen molar-refractivity contribution >= 4 is 11.8 Å². The number of rotatable bonds is 4. The Bertz CT molecular complexity index is 337. The lowest BCUT2D eigenvalue weighted by Crippen LogP contribution is -2.31. The lowest BCUT2D eigenvalue weighted by atomic mass is 10.2. The summed E-state index contributed by atoms with van der Waals surface area (Å²) >= 11 is 1.87. The first kappa shape index (κ1) is 10.6. The minimum atomic E-state index is 0.0276. The number of hydrogen-bond donors (Lipinski definition) is 1. The molecule has 4 heteroatoms. The zero-order valence-corrected chi connectivity index (χ0v) is 9.42. The van der Waals surface area contributed by atoms with Gasteiger partial charge in [0.25, 0.3) is 0 Å². The summed E-state index contributed by atoms with van der Waals surface area (Å²) in [6.07, 6.45) is 0.290. The van der Waals surface area contributed by atoms with Crippen LogP contribution in [0.3, 0.4) is 0 Å². The fraction of sp³-hybridized carbons (Fsp3) is 0.455. The van der Waals surface area contributed by atoms with Crippen LogP contribution in [0.2, 0.25) is 0 Å². The summed E-state index contributed by atoms with van der Waals surface area (Å²) in [5.74, 6) is 3.53. The van der Waals surface area contributed by atoms with Gasteiger partial charge < -0.3 is 14.6 Å². The normalized spacial score (nSPS) is 15.9. The van der Waals surface area contributed by atoms with E-state index in [1.807, 2.05) is 30.0 Å². The molecule has 0 aliphatic carbocycles. The second kappa shape index (κ2) is 4.77. The van der Waals surface area contributed by atoms with Crippen LogP contribution in [0.1, 0.15) is 5.56 Å². The van der Waals surface area contributed by atoms with Gasteiger partial charge in [0.05, 0.1) is 13.7 Å². The lowest BCUT2D eigenvalue weighted by molar-refractivity contribution is 0.226. The molecule has 0 atom stereocenters. The average Bonchev–Trinajstić information content (AvgIpc) is 2.23. The Morgan fingerprint density at radius 2 is 2.20 bits per heavy atom. The van der Waals surface area contributed by atoms with Crippen molar-refractivity contribution in [3.05, 3.63) is 23.8 Å². The fourth-order valence-electron chi connectivity index (χ4n) is 1.37. The third-order valence-corrected chi connectivity index (χ3v) is 3.53. The highest BCUT2D eigenvalue weighted by molar-refractivity contribution is 8.00. The number of methoxy groups -OCH3 is 1. The van der Waals surface area contributed by atoms with Gasteiger partial charge in [0.2, 0.25) is 0 Å². The first-order valence-corrected chi connectivity index (χ1v) is 6.01. The van der Waals surface area contributed by atoms with Gasteiger partial charge in [-0.05, 0) is 17.7 Å². The quantitative estimate of drug-likeness (QED) is 0.847. The summed E-state index contributed by atoms with van der Waals surface area (Å²) < 4.78 is 11.0. The SMILES string of the molecule is COc1ccc(CO)cc1OC1CSC1. The number of aliphatic hydroxyl groups is 1. The first-order valence-electron chi connectivity index (χ1n) is 4.85. The Morgan fingerprint density at radius 3 is 2.73 bits per heavy atom. The number of hydrogen-bond acceptors (Lipinski definition) is 4. The largest absolute Gasteiger partial charge is 0.493 e. The van der Waals surface area contributed by atoms with E-state index >= 15 is 0 Å². The van der Waals surface area contributed by atoms with Crippen molar-refractivity contribution in [2.75, 3.05) is 18.6 Å². The highest BCUT2D eigenvalue weighted by atomic mass is 32.2. The smallest absolute Gasteiger partial charge is 0.162 e. The van der Waals surface area contributed by atoms with Crippen molar-refractivity contribution in [2.24, 2.45) is 0 Å². The number of aliphatic hydroxyl groups excluding tert-OH is 1. The Balaban J connectivity index is 2.16. The Morgan fingerprint density at radius 1 is 1.40 bits per heavy atom. The third kappa shape index (κ3) is 2.38. The third-order valence-electron chi connectivity index (χ3n) is 2.31. The van der Waals surface area contributed by atoms with Crippen molar-refractivity contribution < 1.29 is 14.6 Å². The molecule has 82 valence electrons. The van der Waals surface area contributed by atoms with E-state index in [0.717, 1.165) is 28.6 Å². The molecule has 1 aromatic rings. The molecule has 1 aliphatic heterocycles. The summed E-state index contributed by atoms with van der Waals surface area (Å²) in [4.78, 5) is 0. The van der Waals surface area contributed by atoms with Crippen LogP contribution < -0.4 is 9.47 Å². The topological polar surface area (TPSA) is 38.7 Å². The predicted octanol–water partition coefficient (Wildman–Crippen LogP) is 1.68. The molecule has 2 rings (SSSR count). The first-order chi connectivity index (χ1) is 7.33. The minimum Gasteiger partial charge on any atom is -0.493 e. The second-order valence-corrected chi connectivity index (χ2v) is 4.50. The molecule has 1 aliphatic rings. The molecule has 0 radical (unpaired) electrons. The van der Waals surface area contributed by atoms with E-state index in [4.69, 9.17) is 14.6 Å². The highest BCUT2D eigenvalue weighted by Gasteiger charge is 2.21. The van der Waals surface area contributed by atoms with Gasteiger partial charge in [0.15, 0.2) is 11.5 Å². The molecular weight excluding hydrogens is 212 g/mol. The monoisotopic (exact) mass is 226 g/mol. The standard InChI is InChI=1S/C11H14O3S/c1-13-10-3-2-8(5-12)4-11(10)14-9-6-15-7-9/h2-4,9,12H,5-7H2,1H3. The summed E-state index contributed by atoms with van der Waals surface area (Å²) in [6, 6.07) is 5.50. The molecule has 0 saturated carbocycles. The van der Waals surface area contributed by atoms with Crippen molar-refractivity contribution in [2.45, 2.75) is 12.7 Å². The molecule has 0 spiro atoms. The Kier molecular flexibility index (Phi) is 3.38. The molecule has 0 amide bonds. The van der Waals surface area contributed by atoms with Crippen LogP contribution in [0.5, 0.6) is 11.5 Å². The molecule has 1 N–H and O–H groups in total. The number of ether oxygens (including phenoxy) is 2. The number of thioether (sulfide) groups is 1. The highest BCUT2D eigenvalue weighted by Crippen LogP contribution is 2.32. The minimum absolute atomic E-state index is 0.0276. The van der Waals surface area contributed by atoms with Crippen LogP contribution in [0.15, 0.2) is 18.2 Å². The molecule has 0 bridgehead atoms. The molecule has 0 unspecified atom stereocenters. The van der Waals surface area contributed by atoms with Crippen molar-refractivity contribution in [1.82, 2.24) is 0 Å². The van der Waals surface area contributed by atoms with Gasteiger partial charge in [0, 0.05) is 11.5 Å². The zero-order valence-electron chi connectivity index (χ0n) is 8.60. The molecule has 1 aromatic carbocycles. The second-order valence-electron chi connectivity index (χ2n) is 3.42. The van der Waals surface area contributed by atoms with Crippen molar-refractivity contribution in [3.63, 3.8) is 0 Å². The summed E-state index contributed by atoms with van der Waals surface area (Å²) in [5.41, 5.74) is 0.845. The maximum absolute atomic E-state index is 9.03. The summed E-state index contributed by atoms with van der Waals surface area (Å²) in [7, 11) is 1.62. The lowest BCUT2D eigenvalue weighted by Gasteiger charge is -2.26. The summed E-state index contributed by atoms with van der Waals surface area (Å²) in [5, 5.41) is 9.03. The van der Waals surface area contributed by atoms with E-state index < -0.39 is 0 Å². The zero-order chi connectivity index (χ0) is 10.7. The maximum atomic E-state index is 9.03. The van der Waals surface area contributed by atoms with Crippen LogP contribution in [-0.4, -0.2) is 29.8 Å². The van der Waals surface area contributed by atoms with Crippen molar-refractivity contribution in [3.8, 4) is 11.5 Å². The van der Waals surface area contributed by atoms with Gasteiger partial charge in [-0.3, -0.25) is 0 Å². The van der Waals surface area contributed by atoms with Gasteiger partial charge in [-0.15, -0.1) is 0 Å². The van der Waals surface area contributed by atoms with E-state index in [1.165, 1.54) is 0 Å². The van der Waals surface area contributed by atoms with Gasteiger partial charge in [-0.2, -0.15) is 11.8 Å². The van der Waals surface area contributed by atoms with Crippen LogP contribution in [-0.2, 0) is 6.61 Å². The van der Waals surface area contributed by atoms with Gasteiger partial charge in [-0.1, -0.05) is 6.07 Å². The van der Waals surface area contributed by atoms with Crippen molar-refractivity contribution in [1.29, 1.82) is 0 Å². The predicted molar refractivity (Wildman–Crippen MR) is 60.7 cm³/mol. The van der Waals surface area contributed by atoms with E-state index in [0.29, 0.717) is 0 Å². The summed E-state index contributed by atoms with van der Waals surface area (Å²) in [6.45, 7) is 0.0276. The fourth-order valence-corrected chi connectivity index (χ4v) is 1.94. The Hall–Kier alpha value is -0.870. The van der Waals surface area contributed by atoms with Gasteiger partial charge in [-0.25, -0.2) is 0 Å². The molecule has 3 nitrogen and oxygen atoms in total. The van der Waals surface area contributed by atoms with E-state index in [2.05, 4.69) is 0 Å². The number of benzene rings is 1. The van der Waals surface area contributed by atoms with Crippen LogP contribution >= 0.6 is 11.8 Å². The van der Waals surface area contributed by atoms with E-state index in [1.54, 1.807) is 7.11 Å².